The molecule has 2 N–H and O–H groups in total. The summed E-state index contributed by atoms with van der Waals surface area (Å²) < 4.78 is 26.5. The van der Waals surface area contributed by atoms with Gasteiger partial charge in [0.25, 0.3) is 5.91 Å². The van der Waals surface area contributed by atoms with Crippen molar-refractivity contribution in [1.82, 2.24) is 14.9 Å². The molecule has 2 aromatic rings. The fourth-order valence-corrected chi connectivity index (χ4v) is 5.01. The van der Waals surface area contributed by atoms with Crippen LogP contribution >= 0.6 is 0 Å². The van der Waals surface area contributed by atoms with Gasteiger partial charge in [-0.2, -0.15) is 4.31 Å². The van der Waals surface area contributed by atoms with Crippen LogP contribution in [0.15, 0.2) is 59.5 Å². The molecular weight excluding hydrogens is 390 g/mol. The summed E-state index contributed by atoms with van der Waals surface area (Å²) in [7, 11) is -3.76. The number of piperazine rings is 1. The van der Waals surface area contributed by atoms with Crippen molar-refractivity contribution in [3.63, 3.8) is 0 Å². The fourth-order valence-electron chi connectivity index (χ4n) is 3.61. The molecule has 1 saturated heterocycles. The second-order valence-electron chi connectivity index (χ2n) is 7.54. The quantitative estimate of drug-likeness (QED) is 0.746. The number of nitrogens with zero attached hydrogens (tertiary/aromatic N) is 1. The first kappa shape index (κ1) is 19.6. The summed E-state index contributed by atoms with van der Waals surface area (Å²) >= 11 is 0. The Kier molecular flexibility index (Phi) is 5.14. The highest BCUT2D eigenvalue weighted by atomic mass is 32.2. The van der Waals surface area contributed by atoms with Gasteiger partial charge >= 0.3 is 0 Å². The number of rotatable bonds is 6. The van der Waals surface area contributed by atoms with E-state index in [1.807, 2.05) is 18.2 Å². The second-order valence-corrected chi connectivity index (χ2v) is 9.48. The van der Waals surface area contributed by atoms with Gasteiger partial charge < -0.3 is 10.6 Å². The van der Waals surface area contributed by atoms with Crippen LogP contribution in [0.25, 0.3) is 0 Å². The maximum Gasteiger partial charge on any atom is 0.251 e. The first-order valence-corrected chi connectivity index (χ1v) is 11.1. The molecule has 1 heterocycles. The van der Waals surface area contributed by atoms with Crippen LogP contribution in [-0.4, -0.2) is 50.7 Å². The fraction of sp³-hybridized carbons (Fsp3) is 0.333. The van der Waals surface area contributed by atoms with Crippen molar-refractivity contribution in [3.8, 4) is 0 Å². The smallest absolute Gasteiger partial charge is 0.251 e. The van der Waals surface area contributed by atoms with Gasteiger partial charge in [-0.15, -0.1) is 0 Å². The van der Waals surface area contributed by atoms with Crippen molar-refractivity contribution in [2.24, 2.45) is 0 Å². The predicted molar refractivity (Wildman–Crippen MR) is 108 cm³/mol. The maximum absolute atomic E-state index is 12.7. The predicted octanol–water partition coefficient (Wildman–Crippen LogP) is 1.27. The summed E-state index contributed by atoms with van der Waals surface area (Å²) in [5, 5.41) is 5.58. The molecule has 1 saturated carbocycles. The molecular formula is C21H23N3O4S. The van der Waals surface area contributed by atoms with Crippen molar-refractivity contribution in [3.05, 3.63) is 65.7 Å². The zero-order valence-electron chi connectivity index (χ0n) is 15.9. The minimum Gasteiger partial charge on any atom is -0.354 e. The van der Waals surface area contributed by atoms with E-state index in [1.165, 1.54) is 29.8 Å². The molecule has 0 unspecified atom stereocenters. The van der Waals surface area contributed by atoms with Crippen LogP contribution in [0.5, 0.6) is 0 Å². The van der Waals surface area contributed by atoms with E-state index in [0.717, 1.165) is 17.1 Å². The van der Waals surface area contributed by atoms with Crippen LogP contribution in [0.2, 0.25) is 0 Å². The van der Waals surface area contributed by atoms with Crippen molar-refractivity contribution in [2.75, 3.05) is 26.2 Å². The monoisotopic (exact) mass is 413 g/mol. The first-order valence-electron chi connectivity index (χ1n) is 9.61. The number of hydrogen-bond acceptors (Lipinski definition) is 4. The normalized spacial score (nSPS) is 18.7. The van der Waals surface area contributed by atoms with Crippen LogP contribution in [0.4, 0.5) is 0 Å². The minimum atomic E-state index is -3.76. The van der Waals surface area contributed by atoms with Gasteiger partial charge in [0.1, 0.15) is 0 Å². The molecule has 0 bridgehead atoms. The maximum atomic E-state index is 12.7. The van der Waals surface area contributed by atoms with E-state index in [2.05, 4.69) is 22.8 Å². The van der Waals surface area contributed by atoms with E-state index in [1.54, 1.807) is 0 Å². The molecule has 2 fully saturated rings. The Morgan fingerprint density at radius 2 is 1.76 bits per heavy atom. The lowest BCUT2D eigenvalue weighted by Gasteiger charge is -2.25. The number of nitrogens with one attached hydrogen (secondary N) is 2. The highest BCUT2D eigenvalue weighted by Gasteiger charge is 2.44. The molecule has 0 aromatic heterocycles. The molecule has 2 amide bonds. The van der Waals surface area contributed by atoms with Gasteiger partial charge in [-0.3, -0.25) is 9.59 Å². The Hall–Kier alpha value is -2.71. The van der Waals surface area contributed by atoms with Crippen LogP contribution in [-0.2, 0) is 20.2 Å². The molecule has 1 aliphatic heterocycles. The third-order valence-corrected chi connectivity index (χ3v) is 7.44. The van der Waals surface area contributed by atoms with Crippen LogP contribution < -0.4 is 10.6 Å². The Morgan fingerprint density at radius 3 is 2.38 bits per heavy atom. The third-order valence-electron chi connectivity index (χ3n) is 5.58. The van der Waals surface area contributed by atoms with E-state index in [-0.39, 0.29) is 35.2 Å². The molecule has 152 valence electrons. The number of sulfonamides is 1. The lowest BCUT2D eigenvalue weighted by molar-refractivity contribution is -0.122. The number of carbonyl (C=O) groups excluding carboxylic acids is 2. The van der Waals surface area contributed by atoms with E-state index in [9.17, 15) is 18.0 Å². The number of carbonyl (C=O) groups is 2. The van der Waals surface area contributed by atoms with E-state index >= 15 is 0 Å². The van der Waals surface area contributed by atoms with Crippen LogP contribution in [0, 0.1) is 0 Å². The standard InChI is InChI=1S/C21H23N3O4S/c25-19-14-24(13-12-22-19)29(27,28)18-8-6-16(7-9-18)20(26)23-15-21(10-11-21)17-4-2-1-3-5-17/h1-9H,10-15H2,(H,22,25)(H,23,26). The zero-order chi connectivity index (χ0) is 20.5. The molecule has 8 heteroatoms. The van der Waals surface area contributed by atoms with Gasteiger partial charge in [0.05, 0.1) is 11.4 Å². The zero-order valence-corrected chi connectivity index (χ0v) is 16.7. The molecule has 0 radical (unpaired) electrons. The van der Waals surface area contributed by atoms with Gasteiger partial charge in [-0.1, -0.05) is 30.3 Å². The van der Waals surface area contributed by atoms with Crippen LogP contribution in [0.1, 0.15) is 28.8 Å². The summed E-state index contributed by atoms with van der Waals surface area (Å²) in [6, 6.07) is 16.0. The first-order chi connectivity index (χ1) is 13.9. The Balaban J connectivity index is 1.41. The summed E-state index contributed by atoms with van der Waals surface area (Å²) in [4.78, 5) is 24.1. The SMILES string of the molecule is O=C1CN(S(=O)(=O)c2ccc(C(=O)NCC3(c4ccccc4)CC3)cc2)CCN1. The molecule has 4 rings (SSSR count). The summed E-state index contributed by atoms with van der Waals surface area (Å²) in [6.07, 6.45) is 2.08. The Labute approximate surface area is 170 Å². The Morgan fingerprint density at radius 1 is 1.07 bits per heavy atom. The number of benzene rings is 2. The van der Waals surface area contributed by atoms with Gasteiger partial charge in [-0.05, 0) is 42.7 Å². The van der Waals surface area contributed by atoms with E-state index in [4.69, 9.17) is 0 Å². The summed E-state index contributed by atoms with van der Waals surface area (Å²) in [6.45, 7) is 0.893. The molecule has 7 nitrogen and oxygen atoms in total. The minimum absolute atomic E-state index is 0.00896. The van der Waals surface area contributed by atoms with Gasteiger partial charge in [0, 0.05) is 30.6 Å². The van der Waals surface area contributed by atoms with Crippen LogP contribution in [0.3, 0.4) is 0 Å². The van der Waals surface area contributed by atoms with Crippen molar-refractivity contribution in [2.45, 2.75) is 23.2 Å². The highest BCUT2D eigenvalue weighted by Crippen LogP contribution is 2.47. The van der Waals surface area contributed by atoms with Gasteiger partial charge in [0.2, 0.25) is 15.9 Å². The molecule has 0 atom stereocenters. The highest BCUT2D eigenvalue weighted by molar-refractivity contribution is 7.89. The largest absolute Gasteiger partial charge is 0.354 e. The van der Waals surface area contributed by atoms with Gasteiger partial charge in [-0.25, -0.2) is 8.42 Å². The average molecular weight is 413 g/mol. The number of amides is 2. The summed E-state index contributed by atoms with van der Waals surface area (Å²) in [5.41, 5.74) is 1.64. The second kappa shape index (κ2) is 7.61. The molecule has 29 heavy (non-hydrogen) atoms. The topological polar surface area (TPSA) is 95.6 Å². The van der Waals surface area contributed by atoms with Gasteiger partial charge in [0.15, 0.2) is 0 Å². The third kappa shape index (κ3) is 4.04. The molecule has 1 aliphatic carbocycles. The van der Waals surface area contributed by atoms with Crippen molar-refractivity contribution < 1.29 is 18.0 Å². The molecule has 0 spiro atoms. The molecule has 2 aromatic carbocycles. The van der Waals surface area contributed by atoms with Crippen molar-refractivity contribution >= 4 is 21.8 Å². The molecule has 2 aliphatic rings. The number of hydrogen-bond donors (Lipinski definition) is 2. The Bertz CT molecular complexity index is 1020. The van der Waals surface area contributed by atoms with Crippen molar-refractivity contribution in [1.29, 1.82) is 0 Å². The summed E-state index contributed by atoms with van der Waals surface area (Å²) in [5.74, 6) is -0.545. The van der Waals surface area contributed by atoms with E-state index < -0.39 is 10.0 Å². The lowest BCUT2D eigenvalue weighted by atomic mass is 9.96. The average Bonchev–Trinajstić information content (AvgIpc) is 3.54. The lowest BCUT2D eigenvalue weighted by Crippen LogP contribution is -2.49. The van der Waals surface area contributed by atoms with E-state index in [0.29, 0.717) is 18.7 Å².